The summed E-state index contributed by atoms with van der Waals surface area (Å²) in [5, 5.41) is 3.41. The van der Waals surface area contributed by atoms with Gasteiger partial charge in [0.1, 0.15) is 5.82 Å². The first-order valence-electron chi connectivity index (χ1n) is 7.43. The Labute approximate surface area is 120 Å². The van der Waals surface area contributed by atoms with Gasteiger partial charge < -0.3 is 14.6 Å². The van der Waals surface area contributed by atoms with Crippen molar-refractivity contribution in [2.24, 2.45) is 0 Å². The maximum absolute atomic E-state index is 6.12. The number of hydrogen-bond donors (Lipinski definition) is 1. The van der Waals surface area contributed by atoms with Gasteiger partial charge in [-0.05, 0) is 40.5 Å². The maximum Gasteiger partial charge on any atom is 0.496 e. The van der Waals surface area contributed by atoms with Gasteiger partial charge >= 0.3 is 7.12 Å². The van der Waals surface area contributed by atoms with Crippen LogP contribution in [0.15, 0.2) is 12.3 Å². The smallest absolute Gasteiger partial charge is 0.399 e. The molecule has 0 aromatic carbocycles. The van der Waals surface area contributed by atoms with Crippen molar-refractivity contribution in [3.63, 3.8) is 0 Å². The summed E-state index contributed by atoms with van der Waals surface area (Å²) in [6.45, 7) is 9.35. The molecule has 0 amide bonds. The normalized spacial score (nSPS) is 27.5. The van der Waals surface area contributed by atoms with Crippen molar-refractivity contribution in [2.45, 2.75) is 57.2 Å². The first-order chi connectivity index (χ1) is 9.33. The van der Waals surface area contributed by atoms with E-state index in [4.69, 9.17) is 9.31 Å². The van der Waals surface area contributed by atoms with E-state index in [1.165, 1.54) is 18.4 Å². The van der Waals surface area contributed by atoms with Gasteiger partial charge in [-0.1, -0.05) is 6.07 Å². The van der Waals surface area contributed by atoms with Crippen LogP contribution in [0.1, 0.15) is 46.1 Å². The number of pyridine rings is 1. The lowest BCUT2D eigenvalue weighted by molar-refractivity contribution is 0.00578. The van der Waals surface area contributed by atoms with E-state index in [1.807, 2.05) is 6.20 Å². The van der Waals surface area contributed by atoms with Crippen molar-refractivity contribution in [3.05, 3.63) is 17.8 Å². The van der Waals surface area contributed by atoms with Gasteiger partial charge in [0.15, 0.2) is 0 Å². The van der Waals surface area contributed by atoms with Crippen LogP contribution in [0, 0.1) is 0 Å². The highest BCUT2D eigenvalue weighted by molar-refractivity contribution is 6.62. The molecule has 4 rings (SSSR count). The highest BCUT2D eigenvalue weighted by Crippen LogP contribution is 2.53. The molecule has 0 atom stereocenters. The minimum atomic E-state index is -0.311. The third kappa shape index (κ3) is 1.59. The quantitative estimate of drug-likeness (QED) is 0.792. The van der Waals surface area contributed by atoms with Crippen LogP contribution in [-0.4, -0.2) is 29.8 Å². The first-order valence-corrected chi connectivity index (χ1v) is 7.43. The molecule has 1 saturated heterocycles. The molecule has 1 aliphatic carbocycles. The van der Waals surface area contributed by atoms with E-state index in [9.17, 15) is 0 Å². The van der Waals surface area contributed by atoms with Crippen LogP contribution in [0.25, 0.3) is 0 Å². The molecule has 5 heteroatoms. The summed E-state index contributed by atoms with van der Waals surface area (Å²) in [4.78, 5) is 4.56. The topological polar surface area (TPSA) is 43.4 Å². The zero-order valence-corrected chi connectivity index (χ0v) is 12.6. The van der Waals surface area contributed by atoms with Gasteiger partial charge in [0.2, 0.25) is 0 Å². The van der Waals surface area contributed by atoms with Crippen LogP contribution in [0.2, 0.25) is 0 Å². The second-order valence-electron chi connectivity index (χ2n) is 7.39. The standard InChI is InChI=1S/C15H21BN2O2/c1-13(2)14(3,4)20-16(19-13)10-7-11-12(17-8-10)18-9-15(11)5-6-15/h7-8H,5-6,9H2,1-4H3,(H,17,18). The van der Waals surface area contributed by atoms with Crippen LogP contribution < -0.4 is 10.8 Å². The Morgan fingerprint density at radius 3 is 2.40 bits per heavy atom. The monoisotopic (exact) mass is 272 g/mol. The molecule has 4 nitrogen and oxygen atoms in total. The fourth-order valence-electron chi connectivity index (χ4n) is 3.08. The Kier molecular flexibility index (Phi) is 2.26. The predicted molar refractivity (Wildman–Crippen MR) is 79.4 cm³/mol. The van der Waals surface area contributed by atoms with Crippen molar-refractivity contribution in [1.29, 1.82) is 0 Å². The summed E-state index contributed by atoms with van der Waals surface area (Å²) in [6, 6.07) is 2.23. The lowest BCUT2D eigenvalue weighted by Gasteiger charge is -2.32. The molecule has 1 N–H and O–H groups in total. The molecular formula is C15H21BN2O2. The lowest BCUT2D eigenvalue weighted by Crippen LogP contribution is -2.41. The second-order valence-corrected chi connectivity index (χ2v) is 7.39. The van der Waals surface area contributed by atoms with E-state index < -0.39 is 0 Å². The zero-order chi connectivity index (χ0) is 14.2. The molecule has 0 unspecified atom stereocenters. The molecule has 1 saturated carbocycles. The van der Waals surface area contributed by atoms with Gasteiger partial charge in [0, 0.05) is 29.2 Å². The summed E-state index contributed by atoms with van der Waals surface area (Å²) in [5.41, 5.74) is 2.14. The van der Waals surface area contributed by atoms with E-state index in [0.717, 1.165) is 17.8 Å². The molecular weight excluding hydrogens is 251 g/mol. The third-order valence-electron chi connectivity index (χ3n) is 5.45. The third-order valence-corrected chi connectivity index (χ3v) is 5.45. The Balaban J connectivity index is 1.68. The Morgan fingerprint density at radius 1 is 1.15 bits per heavy atom. The van der Waals surface area contributed by atoms with Gasteiger partial charge in [-0.3, -0.25) is 0 Å². The maximum atomic E-state index is 6.12. The number of aromatic nitrogens is 1. The van der Waals surface area contributed by atoms with Crippen molar-refractivity contribution in [3.8, 4) is 0 Å². The van der Waals surface area contributed by atoms with Crippen LogP contribution in [0.5, 0.6) is 0 Å². The Morgan fingerprint density at radius 2 is 1.80 bits per heavy atom. The van der Waals surface area contributed by atoms with E-state index >= 15 is 0 Å². The number of fused-ring (bicyclic) bond motifs is 2. The van der Waals surface area contributed by atoms with Gasteiger partial charge in [0.05, 0.1) is 11.2 Å². The molecule has 2 aliphatic heterocycles. The average molecular weight is 272 g/mol. The minimum Gasteiger partial charge on any atom is -0.399 e. The molecule has 0 bridgehead atoms. The fraction of sp³-hybridized carbons (Fsp3) is 0.667. The minimum absolute atomic E-state index is 0.299. The van der Waals surface area contributed by atoms with E-state index in [0.29, 0.717) is 5.41 Å². The van der Waals surface area contributed by atoms with Crippen molar-refractivity contribution >= 4 is 18.4 Å². The largest absolute Gasteiger partial charge is 0.496 e. The van der Waals surface area contributed by atoms with Crippen LogP contribution in [-0.2, 0) is 14.7 Å². The second kappa shape index (κ2) is 3.57. The number of anilines is 1. The predicted octanol–water partition coefficient (Wildman–Crippen LogP) is 1.84. The van der Waals surface area contributed by atoms with Crippen LogP contribution >= 0.6 is 0 Å². The molecule has 106 valence electrons. The van der Waals surface area contributed by atoms with E-state index in [1.54, 1.807) is 0 Å². The Hall–Kier alpha value is -1.07. The SMILES string of the molecule is CC1(C)OB(c2cnc3c(c2)C2(CC2)CN3)OC1(C)C. The molecule has 1 spiro atoms. The summed E-state index contributed by atoms with van der Waals surface area (Å²) in [6.07, 6.45) is 4.42. The summed E-state index contributed by atoms with van der Waals surface area (Å²) in [7, 11) is -0.311. The van der Waals surface area contributed by atoms with Crippen molar-refractivity contribution in [2.75, 3.05) is 11.9 Å². The van der Waals surface area contributed by atoms with Gasteiger partial charge in [-0.2, -0.15) is 0 Å². The van der Waals surface area contributed by atoms with Crippen molar-refractivity contribution < 1.29 is 9.31 Å². The molecule has 1 aromatic rings. The number of nitrogens with one attached hydrogen (secondary N) is 1. The summed E-state index contributed by atoms with van der Waals surface area (Å²) in [5.74, 6) is 1.04. The fourth-order valence-corrected chi connectivity index (χ4v) is 3.08. The lowest BCUT2D eigenvalue weighted by atomic mass is 9.78. The van der Waals surface area contributed by atoms with Gasteiger partial charge in [0.25, 0.3) is 0 Å². The number of rotatable bonds is 1. The highest BCUT2D eigenvalue weighted by Gasteiger charge is 2.53. The molecule has 20 heavy (non-hydrogen) atoms. The van der Waals surface area contributed by atoms with E-state index in [-0.39, 0.29) is 18.3 Å². The molecule has 0 radical (unpaired) electrons. The van der Waals surface area contributed by atoms with Crippen molar-refractivity contribution in [1.82, 2.24) is 4.98 Å². The summed E-state index contributed by atoms with van der Waals surface area (Å²) < 4.78 is 12.2. The number of hydrogen-bond acceptors (Lipinski definition) is 4. The number of nitrogens with zero attached hydrogens (tertiary/aromatic N) is 1. The average Bonchev–Trinajstić information content (AvgIpc) is 3.00. The van der Waals surface area contributed by atoms with Gasteiger partial charge in [-0.25, -0.2) is 4.98 Å². The molecule has 3 aliphatic rings. The molecule has 3 heterocycles. The highest BCUT2D eigenvalue weighted by atomic mass is 16.7. The van der Waals surface area contributed by atoms with Gasteiger partial charge in [-0.15, -0.1) is 0 Å². The van der Waals surface area contributed by atoms with Crippen LogP contribution in [0.4, 0.5) is 5.82 Å². The Bertz CT molecular complexity index is 565. The van der Waals surface area contributed by atoms with Crippen LogP contribution in [0.3, 0.4) is 0 Å². The van der Waals surface area contributed by atoms with E-state index in [2.05, 4.69) is 44.1 Å². The molecule has 2 fully saturated rings. The first kappa shape index (κ1) is 12.7. The zero-order valence-electron chi connectivity index (χ0n) is 12.6. The molecule has 1 aromatic heterocycles. The summed E-state index contributed by atoms with van der Waals surface area (Å²) >= 11 is 0.